The van der Waals surface area contributed by atoms with Crippen molar-refractivity contribution in [3.63, 3.8) is 0 Å². The molecule has 1 N–H and O–H groups in total. The molecule has 1 saturated heterocycles. The van der Waals surface area contributed by atoms with E-state index in [4.69, 9.17) is 9.47 Å². The van der Waals surface area contributed by atoms with Gasteiger partial charge >= 0.3 is 0 Å². The molecule has 0 aromatic heterocycles. The van der Waals surface area contributed by atoms with Gasteiger partial charge in [0, 0.05) is 24.8 Å². The molecule has 2 aromatic carbocycles. The van der Waals surface area contributed by atoms with Crippen LogP contribution in [-0.2, 0) is 20.0 Å². The van der Waals surface area contributed by atoms with E-state index in [0.29, 0.717) is 18.8 Å². The van der Waals surface area contributed by atoms with Crippen molar-refractivity contribution in [1.82, 2.24) is 4.31 Å². The Hall–Kier alpha value is -2.30. The quantitative estimate of drug-likeness (QED) is 0.710. The standard InChI is InChI=1S/C19H24N2O6S2/c1-26-16-8-11-18(27-2)19(14-16)28(22,23)20-15-6-9-17(10-7-15)29(24,25)21-12-4-3-5-13-21/h6-11,14,20H,3-5,12-13H2,1-2H3. The summed E-state index contributed by atoms with van der Waals surface area (Å²) >= 11 is 0. The molecule has 0 spiro atoms. The van der Waals surface area contributed by atoms with Gasteiger partial charge in [-0.3, -0.25) is 4.72 Å². The summed E-state index contributed by atoms with van der Waals surface area (Å²) in [5.41, 5.74) is 0.243. The van der Waals surface area contributed by atoms with Crippen molar-refractivity contribution in [3.8, 4) is 11.5 Å². The fourth-order valence-electron chi connectivity index (χ4n) is 3.15. The normalized spacial score (nSPS) is 15.7. The highest BCUT2D eigenvalue weighted by atomic mass is 32.2. The first kappa shape index (κ1) is 21.4. The van der Waals surface area contributed by atoms with E-state index in [9.17, 15) is 16.8 Å². The van der Waals surface area contributed by atoms with Gasteiger partial charge in [-0.15, -0.1) is 0 Å². The number of anilines is 1. The third-order valence-electron chi connectivity index (χ3n) is 4.72. The summed E-state index contributed by atoms with van der Waals surface area (Å²) in [7, 11) is -4.73. The maximum absolute atomic E-state index is 12.8. The Morgan fingerprint density at radius 3 is 2.10 bits per heavy atom. The lowest BCUT2D eigenvalue weighted by Gasteiger charge is -2.25. The van der Waals surface area contributed by atoms with Crippen LogP contribution in [0.3, 0.4) is 0 Å². The van der Waals surface area contributed by atoms with Gasteiger partial charge in [-0.2, -0.15) is 4.31 Å². The van der Waals surface area contributed by atoms with Gasteiger partial charge < -0.3 is 9.47 Å². The highest BCUT2D eigenvalue weighted by Gasteiger charge is 2.26. The molecular weight excluding hydrogens is 416 g/mol. The van der Waals surface area contributed by atoms with Crippen LogP contribution >= 0.6 is 0 Å². The summed E-state index contributed by atoms with van der Waals surface area (Å²) in [5, 5.41) is 0. The van der Waals surface area contributed by atoms with E-state index < -0.39 is 20.0 Å². The zero-order chi connectivity index (χ0) is 21.1. The summed E-state index contributed by atoms with van der Waals surface area (Å²) in [5.74, 6) is 0.539. The Morgan fingerprint density at radius 1 is 0.862 bits per heavy atom. The van der Waals surface area contributed by atoms with Gasteiger partial charge in [-0.25, -0.2) is 16.8 Å². The van der Waals surface area contributed by atoms with Crippen molar-refractivity contribution in [2.75, 3.05) is 32.0 Å². The van der Waals surface area contributed by atoms with Crippen molar-refractivity contribution >= 4 is 25.7 Å². The van der Waals surface area contributed by atoms with Crippen LogP contribution in [0.15, 0.2) is 52.3 Å². The van der Waals surface area contributed by atoms with Gasteiger partial charge in [0.1, 0.15) is 16.4 Å². The summed E-state index contributed by atoms with van der Waals surface area (Å²) in [6, 6.07) is 10.1. The van der Waals surface area contributed by atoms with E-state index in [1.807, 2.05) is 0 Å². The van der Waals surface area contributed by atoms with Crippen molar-refractivity contribution in [1.29, 1.82) is 0 Å². The van der Waals surface area contributed by atoms with Crippen molar-refractivity contribution in [3.05, 3.63) is 42.5 Å². The lowest BCUT2D eigenvalue weighted by atomic mass is 10.2. The summed E-state index contributed by atoms with van der Waals surface area (Å²) < 4.78 is 65.2. The van der Waals surface area contributed by atoms with Crippen LogP contribution < -0.4 is 14.2 Å². The third kappa shape index (κ3) is 4.65. The summed E-state index contributed by atoms with van der Waals surface area (Å²) in [6.45, 7) is 1.01. The lowest BCUT2D eigenvalue weighted by molar-refractivity contribution is 0.346. The molecule has 0 radical (unpaired) electrons. The number of nitrogens with one attached hydrogen (secondary N) is 1. The Morgan fingerprint density at radius 2 is 1.52 bits per heavy atom. The highest BCUT2D eigenvalue weighted by Crippen LogP contribution is 2.30. The molecule has 8 nitrogen and oxygen atoms in total. The molecule has 0 amide bonds. The minimum absolute atomic E-state index is 0.0793. The molecule has 1 aliphatic rings. The molecule has 3 rings (SSSR count). The van der Waals surface area contributed by atoms with Crippen LogP contribution in [0, 0.1) is 0 Å². The molecule has 1 fully saturated rings. The Kier molecular flexibility index (Phi) is 6.35. The highest BCUT2D eigenvalue weighted by molar-refractivity contribution is 7.92. The molecule has 0 bridgehead atoms. The van der Waals surface area contributed by atoms with E-state index in [1.54, 1.807) is 6.07 Å². The maximum Gasteiger partial charge on any atom is 0.265 e. The predicted molar refractivity (Wildman–Crippen MR) is 109 cm³/mol. The third-order valence-corrected chi connectivity index (χ3v) is 8.04. The molecule has 29 heavy (non-hydrogen) atoms. The minimum Gasteiger partial charge on any atom is -0.497 e. The number of hydrogen-bond donors (Lipinski definition) is 1. The van der Waals surface area contributed by atoms with Crippen LogP contribution in [0.5, 0.6) is 11.5 Å². The average Bonchev–Trinajstić information content (AvgIpc) is 2.74. The smallest absolute Gasteiger partial charge is 0.265 e. The van der Waals surface area contributed by atoms with Crippen molar-refractivity contribution in [2.45, 2.75) is 29.1 Å². The van der Waals surface area contributed by atoms with Gasteiger partial charge in [-0.05, 0) is 49.2 Å². The number of rotatable bonds is 7. The molecule has 0 aliphatic carbocycles. The molecule has 10 heteroatoms. The molecule has 0 unspecified atom stereocenters. The maximum atomic E-state index is 12.8. The molecule has 0 atom stereocenters. The topological polar surface area (TPSA) is 102 Å². The van der Waals surface area contributed by atoms with E-state index >= 15 is 0 Å². The lowest BCUT2D eigenvalue weighted by Crippen LogP contribution is -2.35. The van der Waals surface area contributed by atoms with Crippen LogP contribution in [-0.4, -0.2) is 48.4 Å². The van der Waals surface area contributed by atoms with Gasteiger partial charge in [-0.1, -0.05) is 6.42 Å². The van der Waals surface area contributed by atoms with Crippen LogP contribution in [0.1, 0.15) is 19.3 Å². The minimum atomic E-state index is -3.97. The number of piperidine rings is 1. The first-order valence-electron chi connectivity index (χ1n) is 9.13. The Labute approximate surface area is 171 Å². The number of hydrogen-bond acceptors (Lipinski definition) is 6. The molecular formula is C19H24N2O6S2. The molecule has 0 saturated carbocycles. The summed E-state index contributed by atoms with van der Waals surface area (Å²) in [6.07, 6.45) is 2.72. The SMILES string of the molecule is COc1ccc(OC)c(S(=O)(=O)Nc2ccc(S(=O)(=O)N3CCCCC3)cc2)c1. The number of methoxy groups -OCH3 is 2. The number of sulfonamides is 2. The predicted octanol–water partition coefficient (Wildman–Crippen LogP) is 2.68. The molecule has 158 valence electrons. The Bertz CT molecular complexity index is 1060. The van der Waals surface area contributed by atoms with E-state index in [-0.39, 0.29) is 21.2 Å². The molecule has 2 aromatic rings. The second-order valence-electron chi connectivity index (χ2n) is 6.61. The van der Waals surface area contributed by atoms with Gasteiger partial charge in [0.2, 0.25) is 10.0 Å². The van der Waals surface area contributed by atoms with E-state index in [1.165, 1.54) is 54.9 Å². The van der Waals surface area contributed by atoms with Crippen molar-refractivity contribution < 1.29 is 26.3 Å². The largest absolute Gasteiger partial charge is 0.497 e. The van der Waals surface area contributed by atoms with Gasteiger partial charge in [0.05, 0.1) is 19.1 Å². The Balaban J connectivity index is 1.84. The number of benzene rings is 2. The van der Waals surface area contributed by atoms with Gasteiger partial charge in [0.15, 0.2) is 0 Å². The fraction of sp³-hybridized carbons (Fsp3) is 0.368. The average molecular weight is 441 g/mol. The zero-order valence-corrected chi connectivity index (χ0v) is 17.9. The summed E-state index contributed by atoms with van der Waals surface area (Å²) in [4.78, 5) is 0.0608. The molecule has 1 heterocycles. The van der Waals surface area contributed by atoms with Crippen molar-refractivity contribution in [2.24, 2.45) is 0 Å². The van der Waals surface area contributed by atoms with E-state index in [2.05, 4.69) is 4.72 Å². The first-order chi connectivity index (χ1) is 13.8. The van der Waals surface area contributed by atoms with Gasteiger partial charge in [0.25, 0.3) is 10.0 Å². The molecule has 1 aliphatic heterocycles. The monoisotopic (exact) mass is 440 g/mol. The van der Waals surface area contributed by atoms with E-state index in [0.717, 1.165) is 19.3 Å². The first-order valence-corrected chi connectivity index (χ1v) is 12.1. The second-order valence-corrected chi connectivity index (χ2v) is 10.2. The second kappa shape index (κ2) is 8.60. The number of ether oxygens (including phenoxy) is 2. The zero-order valence-electron chi connectivity index (χ0n) is 16.3. The van der Waals surface area contributed by atoms with Crippen LogP contribution in [0.25, 0.3) is 0 Å². The van der Waals surface area contributed by atoms with Crippen LogP contribution in [0.2, 0.25) is 0 Å². The number of nitrogens with zero attached hydrogens (tertiary/aromatic N) is 1. The fourth-order valence-corrected chi connectivity index (χ4v) is 5.91. The van der Waals surface area contributed by atoms with Crippen LogP contribution in [0.4, 0.5) is 5.69 Å².